The summed E-state index contributed by atoms with van der Waals surface area (Å²) in [5.74, 6) is 0.323. The Morgan fingerprint density at radius 2 is 2.00 bits per heavy atom. The number of hydrogen-bond acceptors (Lipinski definition) is 1. The molecular weight excluding hydrogens is 160 g/mol. The molecular formula is C12H15O. The molecule has 0 aliphatic heterocycles. The van der Waals surface area contributed by atoms with E-state index in [0.717, 1.165) is 18.4 Å². The summed E-state index contributed by atoms with van der Waals surface area (Å²) in [5.41, 5.74) is 0.809. The first-order valence-electron chi connectivity index (χ1n) is 4.64. The van der Waals surface area contributed by atoms with Crippen molar-refractivity contribution in [3.8, 4) is 0 Å². The van der Waals surface area contributed by atoms with Crippen molar-refractivity contribution in [1.29, 1.82) is 0 Å². The molecule has 0 fully saturated rings. The lowest BCUT2D eigenvalue weighted by Crippen LogP contribution is -2.10. The monoisotopic (exact) mass is 175 g/mol. The predicted molar refractivity (Wildman–Crippen MR) is 54.5 cm³/mol. The number of Topliss-reactive ketones (excluding diaryl/α,β-unsaturated/α-hetero) is 1. The molecule has 0 heterocycles. The first-order chi connectivity index (χ1) is 6.25. The molecule has 1 unspecified atom stereocenters. The predicted octanol–water partition coefficient (Wildman–Crippen LogP) is 3.12. The van der Waals surface area contributed by atoms with Gasteiger partial charge in [0.05, 0.1) is 0 Å². The van der Waals surface area contributed by atoms with Crippen molar-refractivity contribution in [3.05, 3.63) is 42.8 Å². The standard InChI is InChI=1S/C12H15O/c1-3-7-10(2)12(13)11-8-5-4-6-9-11/h4-6,8-10H,1,3,7H2,2H3. The molecule has 0 saturated carbocycles. The highest BCUT2D eigenvalue weighted by Crippen LogP contribution is 2.12. The molecule has 1 radical (unpaired) electrons. The average Bonchev–Trinajstić information content (AvgIpc) is 2.18. The molecule has 0 amide bonds. The van der Waals surface area contributed by atoms with E-state index in [1.807, 2.05) is 37.3 Å². The van der Waals surface area contributed by atoms with E-state index in [2.05, 4.69) is 6.92 Å². The van der Waals surface area contributed by atoms with E-state index >= 15 is 0 Å². The summed E-state index contributed by atoms with van der Waals surface area (Å²) >= 11 is 0. The van der Waals surface area contributed by atoms with Gasteiger partial charge in [0.15, 0.2) is 5.78 Å². The maximum atomic E-state index is 11.7. The van der Waals surface area contributed by atoms with E-state index < -0.39 is 0 Å². The van der Waals surface area contributed by atoms with E-state index in [4.69, 9.17) is 0 Å². The van der Waals surface area contributed by atoms with E-state index in [1.165, 1.54) is 0 Å². The third kappa shape index (κ3) is 2.69. The molecule has 1 aromatic rings. The third-order valence-electron chi connectivity index (χ3n) is 2.14. The molecule has 13 heavy (non-hydrogen) atoms. The van der Waals surface area contributed by atoms with E-state index in [-0.39, 0.29) is 11.7 Å². The van der Waals surface area contributed by atoms with Gasteiger partial charge in [0, 0.05) is 11.5 Å². The lowest BCUT2D eigenvalue weighted by molar-refractivity contribution is 0.0924. The fourth-order valence-electron chi connectivity index (χ4n) is 1.32. The quantitative estimate of drug-likeness (QED) is 0.642. The molecule has 0 N–H and O–H groups in total. The fraction of sp³-hybridized carbons (Fsp3) is 0.333. The zero-order valence-electron chi connectivity index (χ0n) is 7.99. The Bertz CT molecular complexity index is 264. The van der Waals surface area contributed by atoms with Crippen molar-refractivity contribution < 1.29 is 4.79 Å². The number of rotatable bonds is 4. The number of carbonyl (C=O) groups excluding carboxylic acids is 1. The van der Waals surface area contributed by atoms with Crippen molar-refractivity contribution in [3.63, 3.8) is 0 Å². The summed E-state index contributed by atoms with van der Waals surface area (Å²) in [6.45, 7) is 5.71. The van der Waals surface area contributed by atoms with Crippen LogP contribution in [0.4, 0.5) is 0 Å². The summed E-state index contributed by atoms with van der Waals surface area (Å²) in [6.07, 6.45) is 1.69. The van der Waals surface area contributed by atoms with Crippen molar-refractivity contribution in [2.24, 2.45) is 5.92 Å². The summed E-state index contributed by atoms with van der Waals surface area (Å²) in [4.78, 5) is 11.7. The lowest BCUT2D eigenvalue weighted by atomic mass is 9.95. The highest BCUT2D eigenvalue weighted by Gasteiger charge is 2.12. The van der Waals surface area contributed by atoms with Crippen molar-refractivity contribution in [2.75, 3.05) is 0 Å². The molecule has 0 aromatic heterocycles. The minimum Gasteiger partial charge on any atom is -0.294 e. The van der Waals surface area contributed by atoms with Crippen LogP contribution in [-0.4, -0.2) is 5.78 Å². The van der Waals surface area contributed by atoms with Crippen LogP contribution >= 0.6 is 0 Å². The molecule has 1 heteroatoms. The summed E-state index contributed by atoms with van der Waals surface area (Å²) in [7, 11) is 0. The Balaban J connectivity index is 2.68. The Labute approximate surface area is 79.8 Å². The highest BCUT2D eigenvalue weighted by molar-refractivity contribution is 5.97. The first-order valence-corrected chi connectivity index (χ1v) is 4.64. The Morgan fingerprint density at radius 1 is 1.38 bits per heavy atom. The molecule has 0 spiro atoms. The van der Waals surface area contributed by atoms with Crippen LogP contribution in [0.1, 0.15) is 30.1 Å². The number of carbonyl (C=O) groups is 1. The highest BCUT2D eigenvalue weighted by atomic mass is 16.1. The number of benzene rings is 1. The molecule has 1 rings (SSSR count). The average molecular weight is 175 g/mol. The van der Waals surface area contributed by atoms with Gasteiger partial charge in [-0.2, -0.15) is 0 Å². The summed E-state index contributed by atoms with van der Waals surface area (Å²) in [5, 5.41) is 0. The second-order valence-electron chi connectivity index (χ2n) is 3.27. The Kier molecular flexibility index (Phi) is 3.69. The molecule has 1 aromatic carbocycles. The number of ketones is 1. The molecule has 0 saturated heterocycles. The molecule has 1 atom stereocenters. The van der Waals surface area contributed by atoms with Gasteiger partial charge in [0.1, 0.15) is 0 Å². The normalized spacial score (nSPS) is 12.5. The fourth-order valence-corrected chi connectivity index (χ4v) is 1.32. The third-order valence-corrected chi connectivity index (χ3v) is 2.14. The van der Waals surface area contributed by atoms with Crippen LogP contribution in [0.2, 0.25) is 0 Å². The second kappa shape index (κ2) is 4.80. The van der Waals surface area contributed by atoms with Gasteiger partial charge in [-0.25, -0.2) is 0 Å². The lowest BCUT2D eigenvalue weighted by Gasteiger charge is -2.07. The summed E-state index contributed by atoms with van der Waals surface area (Å²) in [6, 6.07) is 9.43. The van der Waals surface area contributed by atoms with Gasteiger partial charge in [-0.15, -0.1) is 0 Å². The van der Waals surface area contributed by atoms with Gasteiger partial charge in [-0.1, -0.05) is 50.6 Å². The van der Waals surface area contributed by atoms with Crippen LogP contribution < -0.4 is 0 Å². The van der Waals surface area contributed by atoms with Gasteiger partial charge in [0.2, 0.25) is 0 Å². The molecule has 1 nitrogen and oxygen atoms in total. The van der Waals surface area contributed by atoms with Crippen LogP contribution in [0.25, 0.3) is 0 Å². The topological polar surface area (TPSA) is 17.1 Å². The number of hydrogen-bond donors (Lipinski definition) is 0. The maximum Gasteiger partial charge on any atom is 0.165 e. The van der Waals surface area contributed by atoms with Crippen LogP contribution in [0.3, 0.4) is 0 Å². The SMILES string of the molecule is [CH2]CCC(C)C(=O)c1ccccc1. The van der Waals surface area contributed by atoms with Crippen LogP contribution in [-0.2, 0) is 0 Å². The zero-order valence-corrected chi connectivity index (χ0v) is 7.99. The minimum absolute atomic E-state index is 0.0971. The van der Waals surface area contributed by atoms with Crippen molar-refractivity contribution in [1.82, 2.24) is 0 Å². The second-order valence-corrected chi connectivity index (χ2v) is 3.27. The Hall–Kier alpha value is -1.11. The van der Waals surface area contributed by atoms with Gasteiger partial charge >= 0.3 is 0 Å². The largest absolute Gasteiger partial charge is 0.294 e. The molecule has 0 bridgehead atoms. The minimum atomic E-state index is 0.0971. The zero-order chi connectivity index (χ0) is 9.68. The maximum absolute atomic E-state index is 11.7. The van der Waals surface area contributed by atoms with Crippen LogP contribution in [0.5, 0.6) is 0 Å². The molecule has 0 aliphatic carbocycles. The van der Waals surface area contributed by atoms with Gasteiger partial charge in [0.25, 0.3) is 0 Å². The van der Waals surface area contributed by atoms with Gasteiger partial charge in [-0.05, 0) is 6.42 Å². The van der Waals surface area contributed by atoms with E-state index in [9.17, 15) is 4.79 Å². The first kappa shape index (κ1) is 9.97. The van der Waals surface area contributed by atoms with Crippen LogP contribution in [0, 0.1) is 12.8 Å². The smallest absolute Gasteiger partial charge is 0.165 e. The van der Waals surface area contributed by atoms with Crippen LogP contribution in [0.15, 0.2) is 30.3 Å². The Morgan fingerprint density at radius 3 is 2.54 bits per heavy atom. The van der Waals surface area contributed by atoms with Gasteiger partial charge in [-0.3, -0.25) is 4.79 Å². The summed E-state index contributed by atoms with van der Waals surface area (Å²) < 4.78 is 0. The van der Waals surface area contributed by atoms with Crippen molar-refractivity contribution in [2.45, 2.75) is 19.8 Å². The van der Waals surface area contributed by atoms with E-state index in [1.54, 1.807) is 0 Å². The van der Waals surface area contributed by atoms with E-state index in [0.29, 0.717) is 0 Å². The molecule has 69 valence electrons. The molecule has 0 aliphatic rings. The van der Waals surface area contributed by atoms with Crippen molar-refractivity contribution >= 4 is 5.78 Å². The van der Waals surface area contributed by atoms with Gasteiger partial charge < -0.3 is 0 Å².